The lowest BCUT2D eigenvalue weighted by Crippen LogP contribution is -2.49. The molecule has 0 saturated carbocycles. The molecule has 0 aliphatic carbocycles. The van der Waals surface area contributed by atoms with Gasteiger partial charge in [0.25, 0.3) is 6.47 Å². The van der Waals surface area contributed by atoms with Gasteiger partial charge in [-0.15, -0.1) is 0 Å². The molecule has 0 aromatic heterocycles. The van der Waals surface area contributed by atoms with Crippen LogP contribution in [0.3, 0.4) is 0 Å². The van der Waals surface area contributed by atoms with Crippen molar-refractivity contribution >= 4 is 6.47 Å². The highest BCUT2D eigenvalue weighted by molar-refractivity contribution is 5.37. The molecule has 0 aromatic carbocycles. The van der Waals surface area contributed by atoms with E-state index in [1.54, 1.807) is 0 Å². The minimum Gasteiger partial charge on any atom is -0.438 e. The van der Waals surface area contributed by atoms with Crippen LogP contribution in [0.25, 0.3) is 0 Å². The smallest absolute Gasteiger partial charge is 0.295 e. The molecule has 6 heteroatoms. The topological polar surface area (TPSA) is 85.2 Å². The van der Waals surface area contributed by atoms with Crippen molar-refractivity contribution in [3.05, 3.63) is 0 Å². The van der Waals surface area contributed by atoms with E-state index < -0.39 is 24.8 Å². The fourth-order valence-electron chi connectivity index (χ4n) is 1.15. The van der Waals surface area contributed by atoms with Gasteiger partial charge in [0, 0.05) is 13.5 Å². The number of carbonyl (C=O) groups excluding carboxylic acids is 1. The maximum atomic E-state index is 9.97. The highest BCUT2D eigenvalue weighted by atomic mass is 16.8. The minimum absolute atomic E-state index is 0.0414. The third kappa shape index (κ3) is 2.38. The van der Waals surface area contributed by atoms with Gasteiger partial charge in [-0.05, 0) is 0 Å². The van der Waals surface area contributed by atoms with Crippen LogP contribution in [0.5, 0.6) is 0 Å². The van der Waals surface area contributed by atoms with E-state index in [1.807, 2.05) is 0 Å². The third-order valence-corrected chi connectivity index (χ3v) is 1.83. The average Bonchev–Trinajstić information content (AvgIpc) is 2.11. The maximum Gasteiger partial charge on any atom is 0.295 e. The molecule has 1 aliphatic heterocycles. The van der Waals surface area contributed by atoms with E-state index in [0.29, 0.717) is 0 Å². The summed E-state index contributed by atoms with van der Waals surface area (Å²) in [4.78, 5) is 9.97. The van der Waals surface area contributed by atoms with Crippen LogP contribution in [-0.2, 0) is 19.0 Å². The second-order valence-corrected chi connectivity index (χ2v) is 2.70. The van der Waals surface area contributed by atoms with E-state index in [9.17, 15) is 15.0 Å². The van der Waals surface area contributed by atoms with Crippen molar-refractivity contribution in [3.8, 4) is 0 Å². The van der Waals surface area contributed by atoms with Crippen molar-refractivity contribution < 1.29 is 29.2 Å². The molecule has 0 radical (unpaired) electrons. The van der Waals surface area contributed by atoms with E-state index >= 15 is 0 Å². The third-order valence-electron chi connectivity index (χ3n) is 1.83. The molecule has 1 aliphatic rings. The Bertz CT molecular complexity index is 172. The molecule has 1 saturated heterocycles. The van der Waals surface area contributed by atoms with E-state index in [2.05, 4.69) is 4.74 Å². The number of carbonyl (C=O) groups is 1. The van der Waals surface area contributed by atoms with Crippen LogP contribution in [-0.4, -0.2) is 48.6 Å². The van der Waals surface area contributed by atoms with Crippen LogP contribution in [0, 0.1) is 0 Å². The van der Waals surface area contributed by atoms with Gasteiger partial charge in [-0.25, -0.2) is 0 Å². The highest BCUT2D eigenvalue weighted by Crippen LogP contribution is 2.20. The van der Waals surface area contributed by atoms with E-state index in [4.69, 9.17) is 9.47 Å². The van der Waals surface area contributed by atoms with Gasteiger partial charge >= 0.3 is 0 Å². The molecule has 0 bridgehead atoms. The lowest BCUT2D eigenvalue weighted by Gasteiger charge is -2.34. The lowest BCUT2D eigenvalue weighted by molar-refractivity contribution is -0.302. The number of hydrogen-bond donors (Lipinski definition) is 2. The number of aliphatic hydroxyl groups is 2. The van der Waals surface area contributed by atoms with Crippen molar-refractivity contribution in [2.45, 2.75) is 31.2 Å². The Balaban J connectivity index is 2.52. The second-order valence-electron chi connectivity index (χ2n) is 2.70. The Kier molecular flexibility index (Phi) is 3.61. The molecule has 2 N–H and O–H groups in total. The van der Waals surface area contributed by atoms with Gasteiger partial charge in [0.15, 0.2) is 6.29 Å². The van der Waals surface area contributed by atoms with Crippen molar-refractivity contribution in [2.75, 3.05) is 7.11 Å². The Morgan fingerprint density at radius 3 is 2.77 bits per heavy atom. The van der Waals surface area contributed by atoms with Gasteiger partial charge in [0.2, 0.25) is 6.29 Å². The fourth-order valence-corrected chi connectivity index (χ4v) is 1.15. The number of ether oxygens (including phenoxy) is 3. The highest BCUT2D eigenvalue weighted by Gasteiger charge is 2.37. The summed E-state index contributed by atoms with van der Waals surface area (Å²) in [5, 5.41) is 18.5. The number of aliphatic hydroxyl groups excluding tert-OH is 2. The zero-order valence-corrected chi connectivity index (χ0v) is 7.12. The van der Waals surface area contributed by atoms with Crippen molar-refractivity contribution in [3.63, 3.8) is 0 Å². The Hall–Kier alpha value is -0.690. The van der Waals surface area contributed by atoms with Gasteiger partial charge < -0.3 is 24.4 Å². The first-order valence-electron chi connectivity index (χ1n) is 3.82. The van der Waals surface area contributed by atoms with Gasteiger partial charge in [-0.3, -0.25) is 4.79 Å². The summed E-state index contributed by atoms with van der Waals surface area (Å²) in [5.41, 5.74) is 0. The van der Waals surface area contributed by atoms with Crippen LogP contribution < -0.4 is 0 Å². The molecule has 76 valence electrons. The van der Waals surface area contributed by atoms with Crippen LogP contribution in [0.2, 0.25) is 0 Å². The van der Waals surface area contributed by atoms with Crippen LogP contribution >= 0.6 is 0 Å². The first-order valence-corrected chi connectivity index (χ1v) is 3.82. The molecule has 4 atom stereocenters. The molecule has 0 spiro atoms. The molecule has 6 nitrogen and oxygen atoms in total. The van der Waals surface area contributed by atoms with Crippen LogP contribution in [0.4, 0.5) is 0 Å². The summed E-state index contributed by atoms with van der Waals surface area (Å²) in [6.45, 7) is 0.224. The first-order chi connectivity index (χ1) is 6.19. The van der Waals surface area contributed by atoms with Crippen molar-refractivity contribution in [1.29, 1.82) is 0 Å². The van der Waals surface area contributed by atoms with Gasteiger partial charge in [0.05, 0.1) is 6.10 Å². The normalized spacial score (nSPS) is 39.9. The molecular weight excluding hydrogens is 180 g/mol. The van der Waals surface area contributed by atoms with Gasteiger partial charge in [0.1, 0.15) is 6.10 Å². The predicted molar refractivity (Wildman–Crippen MR) is 39.4 cm³/mol. The van der Waals surface area contributed by atoms with Crippen molar-refractivity contribution in [2.24, 2.45) is 0 Å². The lowest BCUT2D eigenvalue weighted by atomic mass is 10.1. The van der Waals surface area contributed by atoms with Gasteiger partial charge in [-0.1, -0.05) is 0 Å². The molecular formula is C7H12O6. The molecule has 1 heterocycles. The summed E-state index contributed by atoms with van der Waals surface area (Å²) >= 11 is 0. The average molecular weight is 192 g/mol. The Labute approximate surface area is 75.0 Å². The zero-order valence-electron chi connectivity index (χ0n) is 7.12. The van der Waals surface area contributed by atoms with E-state index in [-0.39, 0.29) is 12.9 Å². The number of rotatable bonds is 3. The maximum absolute atomic E-state index is 9.97. The standard InChI is InChI=1S/C7H12O6/c1-11-7-6(10)4(9)2-5(13-7)12-3-8/h3-7,9-10H,2H2,1H3. The Morgan fingerprint density at radius 2 is 2.23 bits per heavy atom. The summed E-state index contributed by atoms with van der Waals surface area (Å²) in [6.07, 6.45) is -3.91. The largest absolute Gasteiger partial charge is 0.438 e. The van der Waals surface area contributed by atoms with Crippen LogP contribution in [0.15, 0.2) is 0 Å². The Morgan fingerprint density at radius 1 is 1.54 bits per heavy atom. The molecule has 0 aromatic rings. The second kappa shape index (κ2) is 4.52. The zero-order chi connectivity index (χ0) is 9.84. The minimum atomic E-state index is -1.11. The summed E-state index contributed by atoms with van der Waals surface area (Å²) in [7, 11) is 1.32. The molecule has 1 fully saturated rings. The summed E-state index contributed by atoms with van der Waals surface area (Å²) < 4.78 is 14.2. The summed E-state index contributed by atoms with van der Waals surface area (Å²) in [5.74, 6) is 0. The quantitative estimate of drug-likeness (QED) is 0.535. The summed E-state index contributed by atoms with van der Waals surface area (Å²) in [6, 6.07) is 0. The monoisotopic (exact) mass is 192 g/mol. The predicted octanol–water partition coefficient (Wildman–Crippen LogP) is -1.40. The molecule has 4 unspecified atom stereocenters. The van der Waals surface area contributed by atoms with Crippen LogP contribution in [0.1, 0.15) is 6.42 Å². The SMILES string of the molecule is COC1OC(OC=O)CC(O)C1O. The van der Waals surface area contributed by atoms with Gasteiger partial charge in [-0.2, -0.15) is 0 Å². The first kappa shape index (κ1) is 10.4. The van der Waals surface area contributed by atoms with Crippen molar-refractivity contribution in [1.82, 2.24) is 0 Å². The number of methoxy groups -OCH3 is 1. The van der Waals surface area contributed by atoms with E-state index in [1.165, 1.54) is 7.11 Å². The van der Waals surface area contributed by atoms with E-state index in [0.717, 1.165) is 0 Å². The molecule has 0 amide bonds. The fraction of sp³-hybridized carbons (Fsp3) is 0.857. The number of hydrogen-bond acceptors (Lipinski definition) is 6. The molecule has 1 rings (SSSR count). The molecule has 13 heavy (non-hydrogen) atoms.